The average molecular weight is 313 g/mol. The van der Waals surface area contributed by atoms with Crippen molar-refractivity contribution in [1.82, 2.24) is 4.98 Å². The van der Waals surface area contributed by atoms with Crippen LogP contribution in [0, 0.1) is 0 Å². The van der Waals surface area contributed by atoms with Crippen LogP contribution < -0.4 is 0 Å². The summed E-state index contributed by atoms with van der Waals surface area (Å²) in [7, 11) is -2.95. The van der Waals surface area contributed by atoms with E-state index in [0.29, 0.717) is 17.0 Å². The summed E-state index contributed by atoms with van der Waals surface area (Å²) in [5, 5.41) is 11.3. The van der Waals surface area contributed by atoms with E-state index in [-0.39, 0.29) is 23.4 Å². The maximum Gasteiger partial charge on any atom is 0.198 e. The molecule has 1 aliphatic rings. The molecule has 2 heterocycles. The van der Waals surface area contributed by atoms with Gasteiger partial charge in [-0.3, -0.25) is 4.99 Å². The molecule has 1 unspecified atom stereocenters. The van der Waals surface area contributed by atoms with E-state index in [2.05, 4.69) is 9.98 Å². The van der Waals surface area contributed by atoms with Gasteiger partial charge in [-0.25, -0.2) is 8.42 Å². The number of fused-ring (bicyclic) bond motifs is 1. The van der Waals surface area contributed by atoms with Gasteiger partial charge in [-0.05, 0) is 18.6 Å². The van der Waals surface area contributed by atoms with Crippen molar-refractivity contribution in [3.8, 4) is 5.88 Å². The Hall–Kier alpha value is -1.53. The lowest BCUT2D eigenvalue weighted by molar-refractivity contribution is 0.457. The number of aliphatic imine (C=N–C) groups is 1. The van der Waals surface area contributed by atoms with Crippen LogP contribution >= 0.6 is 11.6 Å². The first-order valence-electron chi connectivity index (χ1n) is 6.18. The fourth-order valence-corrected chi connectivity index (χ4v) is 4.19. The maximum atomic E-state index is 11.4. The number of hydrogen-bond donors (Lipinski definition) is 2. The van der Waals surface area contributed by atoms with Crippen LogP contribution in [0.15, 0.2) is 23.2 Å². The number of aromatic nitrogens is 1. The van der Waals surface area contributed by atoms with E-state index < -0.39 is 9.84 Å². The standard InChI is InChI=1S/C13H13ClN2O3S/c14-8-1-2-10-11(13(17)16-12(10)5-8)6-15-9-3-4-20(18,19)7-9/h1-2,5-6,9,16-17H,3-4,7H2. The SMILES string of the molecule is O=S1(=O)CCC(N=Cc2c(O)[nH]c3cc(Cl)ccc23)C1. The van der Waals surface area contributed by atoms with Gasteiger partial charge in [-0.1, -0.05) is 17.7 Å². The Morgan fingerprint density at radius 1 is 1.45 bits per heavy atom. The number of nitrogens with zero attached hydrogens (tertiary/aromatic N) is 1. The fourth-order valence-electron chi connectivity index (χ4n) is 2.38. The molecule has 0 amide bonds. The second kappa shape index (κ2) is 4.79. The maximum absolute atomic E-state index is 11.4. The molecule has 0 spiro atoms. The van der Waals surface area contributed by atoms with E-state index in [0.717, 1.165) is 10.9 Å². The summed E-state index contributed by atoms with van der Waals surface area (Å²) >= 11 is 5.89. The van der Waals surface area contributed by atoms with Crippen molar-refractivity contribution in [1.29, 1.82) is 0 Å². The zero-order valence-electron chi connectivity index (χ0n) is 10.5. The van der Waals surface area contributed by atoms with Crippen LogP contribution in [0.4, 0.5) is 0 Å². The molecule has 2 aromatic rings. The summed E-state index contributed by atoms with van der Waals surface area (Å²) in [4.78, 5) is 7.10. The van der Waals surface area contributed by atoms with Gasteiger partial charge in [0.2, 0.25) is 0 Å². The van der Waals surface area contributed by atoms with Crippen molar-refractivity contribution in [3.63, 3.8) is 0 Å². The predicted octanol–water partition coefficient (Wildman–Crippen LogP) is 2.13. The Kier molecular flexibility index (Phi) is 3.22. The second-order valence-corrected chi connectivity index (χ2v) is 7.58. The highest BCUT2D eigenvalue weighted by Gasteiger charge is 2.27. The lowest BCUT2D eigenvalue weighted by Crippen LogP contribution is -2.07. The van der Waals surface area contributed by atoms with Gasteiger partial charge in [0.15, 0.2) is 15.7 Å². The summed E-state index contributed by atoms with van der Waals surface area (Å²) in [5.74, 6) is 0.273. The summed E-state index contributed by atoms with van der Waals surface area (Å²) in [6.45, 7) is 0. The van der Waals surface area contributed by atoms with Gasteiger partial charge in [-0.2, -0.15) is 0 Å². The third kappa shape index (κ3) is 2.53. The number of hydrogen-bond acceptors (Lipinski definition) is 4. The number of aromatic amines is 1. The number of nitrogens with one attached hydrogen (secondary N) is 1. The Labute approximate surface area is 121 Å². The lowest BCUT2D eigenvalue weighted by atomic mass is 10.2. The first kappa shape index (κ1) is 13.5. The molecular formula is C13H13ClN2O3S. The lowest BCUT2D eigenvalue weighted by Gasteiger charge is -1.99. The predicted molar refractivity (Wildman–Crippen MR) is 79.6 cm³/mol. The number of benzene rings is 1. The number of halogens is 1. The van der Waals surface area contributed by atoms with Gasteiger partial charge in [0.1, 0.15) is 0 Å². The summed E-state index contributed by atoms with van der Waals surface area (Å²) in [5.41, 5.74) is 1.27. The molecule has 3 rings (SSSR count). The zero-order valence-corrected chi connectivity index (χ0v) is 12.1. The monoisotopic (exact) mass is 312 g/mol. The van der Waals surface area contributed by atoms with Crippen LogP contribution in [0.25, 0.3) is 10.9 Å². The topological polar surface area (TPSA) is 82.5 Å². The third-order valence-electron chi connectivity index (χ3n) is 3.40. The smallest absolute Gasteiger partial charge is 0.198 e. The van der Waals surface area contributed by atoms with Crippen molar-refractivity contribution in [2.24, 2.45) is 4.99 Å². The number of rotatable bonds is 2. The molecule has 1 saturated heterocycles. The van der Waals surface area contributed by atoms with Crippen LogP contribution in [-0.2, 0) is 9.84 Å². The Morgan fingerprint density at radius 3 is 2.95 bits per heavy atom. The molecule has 0 saturated carbocycles. The van der Waals surface area contributed by atoms with Crippen LogP contribution in [0.5, 0.6) is 5.88 Å². The van der Waals surface area contributed by atoms with E-state index in [1.807, 2.05) is 0 Å². The highest BCUT2D eigenvalue weighted by molar-refractivity contribution is 7.91. The Bertz CT molecular complexity index is 795. The molecule has 1 aromatic heterocycles. The van der Waals surface area contributed by atoms with Crippen LogP contribution in [0.2, 0.25) is 5.02 Å². The molecule has 2 N–H and O–H groups in total. The molecule has 1 aromatic carbocycles. The summed E-state index contributed by atoms with van der Waals surface area (Å²) in [6.07, 6.45) is 2.07. The molecule has 1 atom stereocenters. The Morgan fingerprint density at radius 2 is 2.25 bits per heavy atom. The number of H-pyrrole nitrogens is 1. The van der Waals surface area contributed by atoms with Crippen molar-refractivity contribution in [3.05, 3.63) is 28.8 Å². The number of sulfone groups is 1. The van der Waals surface area contributed by atoms with Crippen molar-refractivity contribution >= 4 is 38.6 Å². The van der Waals surface area contributed by atoms with Gasteiger partial charge in [0, 0.05) is 16.6 Å². The largest absolute Gasteiger partial charge is 0.494 e. The van der Waals surface area contributed by atoms with Crippen molar-refractivity contribution in [2.45, 2.75) is 12.5 Å². The fraction of sp³-hybridized carbons (Fsp3) is 0.308. The summed E-state index contributed by atoms with van der Waals surface area (Å²) < 4.78 is 22.7. The first-order valence-corrected chi connectivity index (χ1v) is 8.38. The highest BCUT2D eigenvalue weighted by atomic mass is 35.5. The van der Waals surface area contributed by atoms with Gasteiger partial charge >= 0.3 is 0 Å². The van der Waals surface area contributed by atoms with Gasteiger partial charge in [0.05, 0.1) is 28.6 Å². The highest BCUT2D eigenvalue weighted by Crippen LogP contribution is 2.28. The van der Waals surface area contributed by atoms with Gasteiger partial charge in [-0.15, -0.1) is 0 Å². The number of aromatic hydroxyl groups is 1. The molecule has 0 bridgehead atoms. The van der Waals surface area contributed by atoms with Crippen LogP contribution in [-0.4, -0.2) is 42.3 Å². The molecule has 20 heavy (non-hydrogen) atoms. The van der Waals surface area contributed by atoms with E-state index in [1.165, 1.54) is 6.21 Å². The third-order valence-corrected chi connectivity index (χ3v) is 5.39. The van der Waals surface area contributed by atoms with E-state index in [9.17, 15) is 13.5 Å². The van der Waals surface area contributed by atoms with Gasteiger partial charge in [0.25, 0.3) is 0 Å². The van der Waals surface area contributed by atoms with E-state index in [4.69, 9.17) is 11.6 Å². The van der Waals surface area contributed by atoms with Crippen LogP contribution in [0.1, 0.15) is 12.0 Å². The molecule has 1 fully saturated rings. The minimum atomic E-state index is -2.95. The zero-order chi connectivity index (χ0) is 14.3. The van der Waals surface area contributed by atoms with Crippen molar-refractivity contribution in [2.75, 3.05) is 11.5 Å². The molecule has 0 radical (unpaired) electrons. The van der Waals surface area contributed by atoms with E-state index in [1.54, 1.807) is 18.2 Å². The molecule has 106 valence electrons. The average Bonchev–Trinajstić information content (AvgIpc) is 2.85. The minimum absolute atomic E-state index is 0.00636. The second-order valence-electron chi connectivity index (χ2n) is 4.91. The van der Waals surface area contributed by atoms with Crippen LogP contribution in [0.3, 0.4) is 0 Å². The molecule has 1 aliphatic heterocycles. The normalized spacial score (nSPS) is 21.9. The van der Waals surface area contributed by atoms with Crippen molar-refractivity contribution < 1.29 is 13.5 Å². The molecule has 0 aliphatic carbocycles. The quantitative estimate of drug-likeness (QED) is 0.833. The van der Waals surface area contributed by atoms with Gasteiger partial charge < -0.3 is 10.1 Å². The first-order chi connectivity index (χ1) is 9.44. The minimum Gasteiger partial charge on any atom is -0.494 e. The van der Waals surface area contributed by atoms with E-state index >= 15 is 0 Å². The molecule has 5 nitrogen and oxygen atoms in total. The molecule has 7 heteroatoms. The summed E-state index contributed by atoms with van der Waals surface area (Å²) in [6, 6.07) is 5.01. The molecular weight excluding hydrogens is 300 g/mol. The Balaban J connectivity index is 1.93.